The van der Waals surface area contributed by atoms with Gasteiger partial charge in [0.25, 0.3) is 0 Å². The van der Waals surface area contributed by atoms with Crippen LogP contribution in [-0.4, -0.2) is 40.8 Å². The molecule has 1 unspecified atom stereocenters. The first-order valence-electron chi connectivity index (χ1n) is 9.62. The zero-order valence-corrected chi connectivity index (χ0v) is 17.1. The van der Waals surface area contributed by atoms with Gasteiger partial charge in [0.05, 0.1) is 12.4 Å². The van der Waals surface area contributed by atoms with Crippen LogP contribution in [0.4, 0.5) is 23.4 Å². The second-order valence-electron chi connectivity index (χ2n) is 7.58. The molecular formula is C20H20F4N6O2. The van der Waals surface area contributed by atoms with Crippen LogP contribution >= 0.6 is 0 Å². The van der Waals surface area contributed by atoms with Crippen molar-refractivity contribution in [2.75, 3.05) is 12.4 Å². The molecular weight excluding hydrogens is 432 g/mol. The lowest BCUT2D eigenvalue weighted by Gasteiger charge is -2.43. The summed E-state index contributed by atoms with van der Waals surface area (Å²) in [5.41, 5.74) is 5.46. The average Bonchev–Trinajstić information content (AvgIpc) is 3.23. The number of nitrogens with zero attached hydrogens (tertiary/aromatic N) is 3. The molecule has 8 nitrogen and oxygen atoms in total. The Morgan fingerprint density at radius 2 is 1.97 bits per heavy atom. The Hall–Kier alpha value is -3.09. The van der Waals surface area contributed by atoms with Gasteiger partial charge in [0.2, 0.25) is 0 Å². The van der Waals surface area contributed by atoms with Gasteiger partial charge < -0.3 is 14.6 Å². The van der Waals surface area contributed by atoms with E-state index >= 15 is 0 Å². The summed E-state index contributed by atoms with van der Waals surface area (Å²) in [5.74, 6) is 0.174. The summed E-state index contributed by atoms with van der Waals surface area (Å²) >= 11 is 0. The third kappa shape index (κ3) is 4.29. The number of aromatic nitrogens is 3. The number of anilines is 1. The lowest BCUT2D eigenvalue weighted by molar-refractivity contribution is -0.260. The number of nitrogens with one attached hydrogen (secondary N) is 2. The quantitative estimate of drug-likeness (QED) is 0.517. The summed E-state index contributed by atoms with van der Waals surface area (Å²) in [6.45, 7) is 1.45. The van der Waals surface area contributed by atoms with E-state index in [1.807, 2.05) is 0 Å². The van der Waals surface area contributed by atoms with Crippen LogP contribution in [0.1, 0.15) is 18.9 Å². The van der Waals surface area contributed by atoms with Crippen LogP contribution in [0.15, 0.2) is 41.2 Å². The van der Waals surface area contributed by atoms with Crippen molar-refractivity contribution in [3.63, 3.8) is 0 Å². The second kappa shape index (κ2) is 8.11. The van der Waals surface area contributed by atoms with Crippen LogP contribution in [0.25, 0.3) is 22.7 Å². The van der Waals surface area contributed by atoms with E-state index in [9.17, 15) is 17.6 Å². The number of halogens is 4. The largest absolute Gasteiger partial charge is 0.414 e. The number of alkyl halides is 3. The molecule has 1 saturated heterocycles. The highest BCUT2D eigenvalue weighted by atomic mass is 19.4. The van der Waals surface area contributed by atoms with Crippen molar-refractivity contribution in [1.82, 2.24) is 20.4 Å². The summed E-state index contributed by atoms with van der Waals surface area (Å²) < 4.78 is 64.7. The molecule has 1 aromatic carbocycles. The third-order valence-electron chi connectivity index (χ3n) is 5.26. The van der Waals surface area contributed by atoms with E-state index in [1.54, 1.807) is 13.1 Å². The highest BCUT2D eigenvalue weighted by Crippen LogP contribution is 2.40. The van der Waals surface area contributed by atoms with Crippen molar-refractivity contribution in [2.45, 2.75) is 37.5 Å². The Morgan fingerprint density at radius 3 is 2.62 bits per heavy atom. The molecule has 0 amide bonds. The minimum Gasteiger partial charge on any atom is -0.372 e. The molecule has 32 heavy (non-hydrogen) atoms. The molecule has 3 atom stereocenters. The van der Waals surface area contributed by atoms with E-state index in [-0.39, 0.29) is 11.3 Å². The Bertz CT molecular complexity index is 1100. The highest BCUT2D eigenvalue weighted by Gasteiger charge is 2.50. The molecule has 1 aliphatic heterocycles. The molecule has 2 aromatic heterocycles. The van der Waals surface area contributed by atoms with Gasteiger partial charge in [-0.15, -0.1) is 0 Å². The van der Waals surface area contributed by atoms with E-state index in [0.717, 1.165) is 6.07 Å². The minimum atomic E-state index is -4.64. The van der Waals surface area contributed by atoms with E-state index < -0.39 is 36.4 Å². The summed E-state index contributed by atoms with van der Waals surface area (Å²) in [4.78, 5) is 8.39. The molecule has 12 heteroatoms. The number of nitrogens with two attached hydrogens (primary N) is 1. The van der Waals surface area contributed by atoms with Gasteiger partial charge in [0.1, 0.15) is 23.0 Å². The average molecular weight is 452 g/mol. The van der Waals surface area contributed by atoms with Gasteiger partial charge in [-0.1, -0.05) is 5.16 Å². The first kappa shape index (κ1) is 22.1. The van der Waals surface area contributed by atoms with E-state index in [0.29, 0.717) is 22.8 Å². The standard InChI is InChI=1S/C20H20F4N6O2/c1-19(7-16(20(22,23)24)31-18(25)29-19)11-5-10(3-4-12(11)21)15-6-13(30-32-15)14-8-28-17(26-2)9-27-14/h3-6,8-9,16,18,29H,7,25H2,1-2H3,(H,26,28)/t16-,18?,19-/m0/s1. The maximum atomic E-state index is 14.7. The van der Waals surface area contributed by atoms with Crippen LogP contribution in [0.2, 0.25) is 0 Å². The molecule has 0 spiro atoms. The molecule has 1 aliphatic rings. The van der Waals surface area contributed by atoms with Gasteiger partial charge in [0, 0.05) is 36.2 Å². The number of benzene rings is 1. The van der Waals surface area contributed by atoms with Crippen LogP contribution in [-0.2, 0) is 10.3 Å². The van der Waals surface area contributed by atoms with Gasteiger partial charge in [-0.25, -0.2) is 14.4 Å². The van der Waals surface area contributed by atoms with Crippen molar-refractivity contribution in [3.8, 4) is 22.7 Å². The summed E-state index contributed by atoms with van der Waals surface area (Å²) in [5, 5.41) is 9.53. The minimum absolute atomic E-state index is 0.000820. The highest BCUT2D eigenvalue weighted by molar-refractivity contribution is 5.65. The Morgan fingerprint density at radius 1 is 1.19 bits per heavy atom. The van der Waals surface area contributed by atoms with E-state index in [4.69, 9.17) is 15.0 Å². The molecule has 3 heterocycles. The number of ether oxygens (including phenoxy) is 1. The normalized spacial score (nSPS) is 23.8. The first-order valence-corrected chi connectivity index (χ1v) is 9.62. The van der Waals surface area contributed by atoms with Crippen LogP contribution in [0.3, 0.4) is 0 Å². The zero-order chi connectivity index (χ0) is 23.1. The third-order valence-corrected chi connectivity index (χ3v) is 5.26. The number of hydrogen-bond acceptors (Lipinski definition) is 8. The van der Waals surface area contributed by atoms with Gasteiger partial charge in [-0.05, 0) is 25.1 Å². The van der Waals surface area contributed by atoms with Crippen molar-refractivity contribution < 1.29 is 26.8 Å². The molecule has 4 N–H and O–H groups in total. The number of hydrogen-bond donors (Lipinski definition) is 3. The van der Waals surface area contributed by atoms with Gasteiger partial charge in [0.15, 0.2) is 18.2 Å². The molecule has 0 aliphatic carbocycles. The molecule has 4 rings (SSSR count). The van der Waals surface area contributed by atoms with E-state index in [2.05, 4.69) is 25.8 Å². The molecule has 170 valence electrons. The molecule has 0 radical (unpaired) electrons. The monoisotopic (exact) mass is 452 g/mol. The summed E-state index contributed by atoms with van der Waals surface area (Å²) in [7, 11) is 1.71. The fourth-order valence-corrected chi connectivity index (χ4v) is 3.61. The summed E-state index contributed by atoms with van der Waals surface area (Å²) in [6.07, 6.45) is -5.71. The van der Waals surface area contributed by atoms with Crippen LogP contribution in [0.5, 0.6) is 0 Å². The Labute approximate surface area is 180 Å². The zero-order valence-electron chi connectivity index (χ0n) is 17.1. The lowest BCUT2D eigenvalue weighted by atomic mass is 9.83. The van der Waals surface area contributed by atoms with Gasteiger partial charge in [-0.3, -0.25) is 11.1 Å². The first-order chi connectivity index (χ1) is 15.1. The predicted octanol–water partition coefficient (Wildman–Crippen LogP) is 3.38. The van der Waals surface area contributed by atoms with Crippen LogP contribution < -0.4 is 16.4 Å². The second-order valence-corrected chi connectivity index (χ2v) is 7.58. The topological polar surface area (TPSA) is 111 Å². The van der Waals surface area contributed by atoms with Crippen LogP contribution in [0, 0.1) is 5.82 Å². The predicted molar refractivity (Wildman–Crippen MR) is 106 cm³/mol. The molecule has 0 saturated carbocycles. The lowest BCUT2D eigenvalue weighted by Crippen LogP contribution is -2.61. The number of rotatable bonds is 4. The van der Waals surface area contributed by atoms with Crippen molar-refractivity contribution in [1.29, 1.82) is 0 Å². The fourth-order valence-electron chi connectivity index (χ4n) is 3.61. The molecule has 0 bridgehead atoms. The van der Waals surface area contributed by atoms with Crippen molar-refractivity contribution >= 4 is 5.82 Å². The SMILES string of the molecule is CNc1cnc(-c2cc(-c3ccc(F)c([C@]4(C)C[C@@H](C(F)(F)F)OC(N)N4)c3)on2)cn1. The van der Waals surface area contributed by atoms with E-state index in [1.165, 1.54) is 31.5 Å². The maximum absolute atomic E-state index is 14.7. The Kier molecular flexibility index (Phi) is 5.61. The summed E-state index contributed by atoms with van der Waals surface area (Å²) in [6, 6.07) is 5.60. The molecule has 3 aromatic rings. The smallest absolute Gasteiger partial charge is 0.372 e. The van der Waals surface area contributed by atoms with Gasteiger partial charge in [-0.2, -0.15) is 13.2 Å². The van der Waals surface area contributed by atoms with Gasteiger partial charge >= 0.3 is 6.18 Å². The fraction of sp³-hybridized carbons (Fsp3) is 0.350. The van der Waals surface area contributed by atoms with Crippen molar-refractivity contribution in [3.05, 3.63) is 48.0 Å². The van der Waals surface area contributed by atoms with Crippen molar-refractivity contribution in [2.24, 2.45) is 5.73 Å². The Balaban J connectivity index is 1.66. The molecule has 1 fully saturated rings. The maximum Gasteiger partial charge on any atom is 0.414 e.